The Morgan fingerprint density at radius 1 is 0.609 bits per heavy atom. The summed E-state index contributed by atoms with van der Waals surface area (Å²) in [4.78, 5) is 12.5. The van der Waals surface area contributed by atoms with E-state index in [-0.39, 0.29) is 6.42 Å². The number of unbranched alkanes of at least 4 members (excludes halogenated alkanes) is 17. The molecule has 0 heterocycles. The minimum Gasteiger partial charge on any atom is -0.387 e. The van der Waals surface area contributed by atoms with Crippen molar-refractivity contribution in [1.29, 1.82) is 0 Å². The zero-order valence-corrected chi connectivity index (χ0v) is 30.1. The van der Waals surface area contributed by atoms with Gasteiger partial charge in [-0.25, -0.2) is 0 Å². The van der Waals surface area contributed by atoms with Crippen molar-refractivity contribution in [3.63, 3.8) is 0 Å². The van der Waals surface area contributed by atoms with E-state index in [2.05, 4.69) is 55.6 Å². The largest absolute Gasteiger partial charge is 0.387 e. The molecule has 0 saturated heterocycles. The fourth-order valence-electron chi connectivity index (χ4n) is 5.25. The van der Waals surface area contributed by atoms with Crippen molar-refractivity contribution in [1.82, 2.24) is 5.32 Å². The smallest absolute Gasteiger partial charge is 0.267 e. The van der Waals surface area contributed by atoms with E-state index in [0.29, 0.717) is 12.8 Å². The van der Waals surface area contributed by atoms with Gasteiger partial charge < -0.3 is 15.5 Å². The molecule has 0 bridgehead atoms. The van der Waals surface area contributed by atoms with Crippen LogP contribution in [0.15, 0.2) is 48.6 Å². The maximum Gasteiger partial charge on any atom is 0.267 e. The molecule has 0 aliphatic carbocycles. The number of aliphatic hydroxyl groups excluding tert-OH is 2. The highest BCUT2D eigenvalue weighted by Crippen LogP contribution is 2.13. The molecule has 0 fully saturated rings. The van der Waals surface area contributed by atoms with Crippen LogP contribution >= 0.6 is 0 Å². The Labute approximate surface area is 282 Å². The summed E-state index contributed by atoms with van der Waals surface area (Å²) >= 11 is 0. The molecule has 0 spiro atoms. The zero-order chi connectivity index (χ0) is 34.1. The first-order valence-electron chi connectivity index (χ1n) is 18.4. The number of carbonyl (C=O) groups is 1. The molecule has 0 aromatic carbocycles. The normalized spacial score (nSPS) is 14.6. The van der Waals surface area contributed by atoms with Gasteiger partial charge in [0.15, 0.2) is 0 Å². The van der Waals surface area contributed by atoms with E-state index in [1.165, 1.54) is 83.1 Å². The lowest BCUT2D eigenvalue weighted by atomic mass is 10.0. The van der Waals surface area contributed by atoms with E-state index in [9.17, 15) is 28.0 Å². The Kier molecular flexibility index (Phi) is 30.6. The monoisotopic (exact) mass is 667 g/mol. The summed E-state index contributed by atoms with van der Waals surface area (Å²) in [5.41, 5.74) is 0. The second-order valence-electron chi connectivity index (χ2n) is 12.6. The summed E-state index contributed by atoms with van der Waals surface area (Å²) in [6.07, 6.45) is 39.0. The third kappa shape index (κ3) is 30.9. The van der Waals surface area contributed by atoms with Gasteiger partial charge in [-0.3, -0.25) is 9.35 Å². The van der Waals surface area contributed by atoms with Gasteiger partial charge in [0.2, 0.25) is 5.91 Å². The lowest BCUT2D eigenvalue weighted by Gasteiger charge is -2.22. The first kappa shape index (κ1) is 44.3. The summed E-state index contributed by atoms with van der Waals surface area (Å²) in [5.74, 6) is -1.58. The fourth-order valence-corrected chi connectivity index (χ4v) is 5.99. The molecule has 3 unspecified atom stereocenters. The summed E-state index contributed by atoms with van der Waals surface area (Å²) in [6, 6.07) is -1.26. The van der Waals surface area contributed by atoms with Crippen molar-refractivity contribution >= 4 is 16.0 Å². The highest BCUT2D eigenvalue weighted by Gasteiger charge is 2.27. The van der Waals surface area contributed by atoms with E-state index >= 15 is 0 Å². The highest BCUT2D eigenvalue weighted by molar-refractivity contribution is 7.85. The van der Waals surface area contributed by atoms with Crippen molar-refractivity contribution in [3.05, 3.63) is 48.6 Å². The number of nitrogens with one attached hydrogen (secondary N) is 1. The van der Waals surface area contributed by atoms with Crippen molar-refractivity contribution in [2.45, 2.75) is 180 Å². The Balaban J connectivity index is 4.08. The van der Waals surface area contributed by atoms with Gasteiger partial charge >= 0.3 is 0 Å². The molecular formula is C38H69NO6S. The molecule has 1 amide bonds. The Morgan fingerprint density at radius 2 is 1.04 bits per heavy atom. The minimum atomic E-state index is -4.45. The first-order valence-corrected chi connectivity index (χ1v) is 20.1. The SMILES string of the molecule is CC/C=C/CC/C=C/CC/C=C/C(O)C(CS(=O)(=O)O)NC(=O)C(O)CCCCCCCC/C=C\CCCCCCCCCCC. The van der Waals surface area contributed by atoms with Gasteiger partial charge in [0.05, 0.1) is 17.9 Å². The van der Waals surface area contributed by atoms with Crippen LogP contribution in [0.2, 0.25) is 0 Å². The molecular weight excluding hydrogens is 598 g/mol. The molecule has 8 heteroatoms. The lowest BCUT2D eigenvalue weighted by Crippen LogP contribution is -2.50. The van der Waals surface area contributed by atoms with Crippen molar-refractivity contribution in [2.24, 2.45) is 0 Å². The van der Waals surface area contributed by atoms with E-state index in [0.717, 1.165) is 51.4 Å². The molecule has 0 rings (SSSR count). The van der Waals surface area contributed by atoms with Gasteiger partial charge in [0.25, 0.3) is 10.1 Å². The molecule has 4 N–H and O–H groups in total. The average molecular weight is 668 g/mol. The molecule has 46 heavy (non-hydrogen) atoms. The van der Waals surface area contributed by atoms with E-state index < -0.39 is 40.0 Å². The third-order valence-corrected chi connectivity index (χ3v) is 8.85. The van der Waals surface area contributed by atoms with Crippen LogP contribution in [0.4, 0.5) is 0 Å². The molecule has 0 saturated carbocycles. The molecule has 3 atom stereocenters. The van der Waals surface area contributed by atoms with Crippen molar-refractivity contribution in [2.75, 3.05) is 5.75 Å². The van der Waals surface area contributed by atoms with E-state index in [4.69, 9.17) is 0 Å². The van der Waals surface area contributed by atoms with Crippen LogP contribution in [0.3, 0.4) is 0 Å². The predicted molar refractivity (Wildman–Crippen MR) is 194 cm³/mol. The average Bonchev–Trinajstić information content (AvgIpc) is 3.01. The number of hydrogen-bond acceptors (Lipinski definition) is 5. The minimum absolute atomic E-state index is 0.262. The molecule has 0 aromatic rings. The number of aliphatic hydroxyl groups is 2. The topological polar surface area (TPSA) is 124 Å². The molecule has 0 aliphatic rings. The summed E-state index contributed by atoms with van der Waals surface area (Å²) in [6.45, 7) is 4.36. The number of rotatable bonds is 32. The molecule has 7 nitrogen and oxygen atoms in total. The summed E-state index contributed by atoms with van der Waals surface area (Å²) in [5, 5.41) is 23.2. The van der Waals surface area contributed by atoms with E-state index in [1.54, 1.807) is 6.08 Å². The summed E-state index contributed by atoms with van der Waals surface area (Å²) < 4.78 is 32.3. The lowest BCUT2D eigenvalue weighted by molar-refractivity contribution is -0.130. The van der Waals surface area contributed by atoms with Crippen molar-refractivity contribution < 1.29 is 28.0 Å². The highest BCUT2D eigenvalue weighted by atomic mass is 32.2. The van der Waals surface area contributed by atoms with Crippen LogP contribution in [0.5, 0.6) is 0 Å². The maximum atomic E-state index is 12.5. The maximum absolute atomic E-state index is 12.5. The van der Waals surface area contributed by atoms with Crippen LogP contribution in [0.25, 0.3) is 0 Å². The summed E-state index contributed by atoms with van der Waals surface area (Å²) in [7, 11) is -4.45. The van der Waals surface area contributed by atoms with Gasteiger partial charge in [-0.1, -0.05) is 146 Å². The van der Waals surface area contributed by atoms with Crippen molar-refractivity contribution in [3.8, 4) is 0 Å². The first-order chi connectivity index (χ1) is 22.2. The molecule has 0 aromatic heterocycles. The van der Waals surface area contributed by atoms with Crippen LogP contribution in [-0.2, 0) is 14.9 Å². The Morgan fingerprint density at radius 3 is 1.54 bits per heavy atom. The number of amides is 1. The molecule has 0 radical (unpaired) electrons. The van der Waals surface area contributed by atoms with E-state index in [1.807, 2.05) is 0 Å². The van der Waals surface area contributed by atoms with Gasteiger partial charge in [0.1, 0.15) is 6.10 Å². The Bertz CT molecular complexity index is 927. The van der Waals surface area contributed by atoms with Crippen LogP contribution < -0.4 is 5.32 Å². The fraction of sp³-hybridized carbons (Fsp3) is 0.763. The second kappa shape index (κ2) is 31.8. The van der Waals surface area contributed by atoms with Crippen LogP contribution in [0.1, 0.15) is 162 Å². The van der Waals surface area contributed by atoms with Crippen LogP contribution in [0, 0.1) is 0 Å². The number of hydrogen-bond donors (Lipinski definition) is 4. The van der Waals surface area contributed by atoms with Gasteiger partial charge in [0, 0.05) is 0 Å². The number of allylic oxidation sites excluding steroid dienone is 7. The van der Waals surface area contributed by atoms with Gasteiger partial charge in [-0.05, 0) is 64.2 Å². The number of carbonyl (C=O) groups excluding carboxylic acids is 1. The second-order valence-corrected chi connectivity index (χ2v) is 14.1. The predicted octanol–water partition coefficient (Wildman–Crippen LogP) is 9.32. The standard InChI is InChI=1S/C38H69NO6S/c1-3-5-7-9-11-13-15-16-17-18-19-20-21-22-23-25-27-29-31-33-37(41)38(42)39-35(34-46(43,44)45)36(40)32-30-28-26-24-14-12-10-8-6-4-2/h6,8,14,19-20,24,30,32,35-37,40-41H,3-5,7,9-13,15-18,21-23,25-29,31,33-34H2,1-2H3,(H,39,42)(H,43,44,45)/b8-6+,20-19-,24-14+,32-30+. The van der Waals surface area contributed by atoms with Gasteiger partial charge in [-0.15, -0.1) is 0 Å². The third-order valence-electron chi connectivity index (χ3n) is 8.07. The molecule has 0 aliphatic heterocycles. The Hall–Kier alpha value is -1.74. The van der Waals surface area contributed by atoms with Gasteiger partial charge in [-0.2, -0.15) is 8.42 Å². The van der Waals surface area contributed by atoms with Crippen LogP contribution in [-0.4, -0.2) is 53.1 Å². The zero-order valence-electron chi connectivity index (χ0n) is 29.3. The molecule has 268 valence electrons. The quantitative estimate of drug-likeness (QED) is 0.0322.